The van der Waals surface area contributed by atoms with Crippen LogP contribution in [0.1, 0.15) is 16.1 Å². The molecule has 0 radical (unpaired) electrons. The largest absolute Gasteiger partial charge is 0.464 e. The third-order valence-electron chi connectivity index (χ3n) is 1.77. The maximum atomic E-state index is 11.3. The van der Waals surface area contributed by atoms with Crippen LogP contribution >= 0.6 is 0 Å². The molecule has 0 N–H and O–H groups in total. The highest BCUT2D eigenvalue weighted by Gasteiger charge is 2.10. The molecule has 0 atom stereocenters. The lowest BCUT2D eigenvalue weighted by atomic mass is 10.2. The first kappa shape index (κ1) is 11.7. The first-order valence-corrected chi connectivity index (χ1v) is 4.50. The molecule has 0 saturated heterocycles. The fourth-order valence-electron chi connectivity index (χ4n) is 1.08. The van der Waals surface area contributed by atoms with E-state index in [1.807, 2.05) is 0 Å². The van der Waals surface area contributed by atoms with Crippen LogP contribution in [0, 0.1) is 0 Å². The number of carbonyl (C=O) groups is 1. The molecule has 0 unspecified atom stereocenters. The molecule has 0 aliphatic heterocycles. The minimum atomic E-state index is -0.496. The van der Waals surface area contributed by atoms with E-state index in [-0.39, 0.29) is 12.2 Å². The van der Waals surface area contributed by atoms with Gasteiger partial charge in [-0.3, -0.25) is 0 Å². The van der Waals surface area contributed by atoms with E-state index in [2.05, 4.69) is 19.7 Å². The maximum absolute atomic E-state index is 11.3. The molecule has 82 valence electrons. The Balaban J connectivity index is 2.90. The van der Waals surface area contributed by atoms with Crippen LogP contribution in [0.2, 0.25) is 0 Å². The number of aromatic nitrogens is 1. The second-order valence-electron chi connectivity index (χ2n) is 2.75. The summed E-state index contributed by atoms with van der Waals surface area (Å²) in [6, 6.07) is 3.44. The van der Waals surface area contributed by atoms with Crippen LogP contribution < -0.4 is 0 Å². The molecule has 0 fully saturated rings. The predicted molar refractivity (Wildman–Crippen MR) is 58.6 cm³/mol. The number of carbonyl (C=O) groups excluding carboxylic acids is 1. The van der Waals surface area contributed by atoms with Crippen molar-refractivity contribution in [2.75, 3.05) is 13.7 Å². The van der Waals surface area contributed by atoms with Gasteiger partial charge in [-0.15, -0.1) is 0 Å². The summed E-state index contributed by atoms with van der Waals surface area (Å²) in [5, 5.41) is 3.34. The lowest BCUT2D eigenvalue weighted by molar-refractivity contribution is 0.0594. The summed E-state index contributed by atoms with van der Waals surface area (Å²) < 4.78 is 4.59. The number of hydrogen-bond acceptors (Lipinski definition) is 4. The number of ether oxygens (including phenoxy) is 1. The average Bonchev–Trinajstić information content (AvgIpc) is 2.34. The quantitative estimate of drug-likeness (QED) is 0.336. The van der Waals surface area contributed by atoms with Gasteiger partial charge in [-0.05, 0) is 11.6 Å². The number of nitrogens with zero attached hydrogens (tertiary/aromatic N) is 4. The Hall–Kier alpha value is -2.33. The molecule has 0 saturated carbocycles. The van der Waals surface area contributed by atoms with Gasteiger partial charge in [-0.2, -0.15) is 0 Å². The second kappa shape index (κ2) is 6.21. The number of pyridine rings is 1. The van der Waals surface area contributed by atoms with Gasteiger partial charge in [0.1, 0.15) is 0 Å². The molecule has 1 aromatic rings. The van der Waals surface area contributed by atoms with Gasteiger partial charge in [0.15, 0.2) is 5.69 Å². The van der Waals surface area contributed by atoms with Crippen LogP contribution in [0.3, 0.4) is 0 Å². The first-order valence-electron chi connectivity index (χ1n) is 4.50. The third kappa shape index (κ3) is 3.11. The van der Waals surface area contributed by atoms with Gasteiger partial charge in [0.05, 0.1) is 7.11 Å². The van der Waals surface area contributed by atoms with Crippen molar-refractivity contribution in [1.82, 2.24) is 4.98 Å². The maximum Gasteiger partial charge on any atom is 0.357 e. The van der Waals surface area contributed by atoms with Crippen molar-refractivity contribution in [1.29, 1.82) is 0 Å². The Kier molecular flexibility index (Phi) is 4.56. The molecule has 1 aromatic heterocycles. The number of rotatable bonds is 4. The normalized spacial score (nSPS) is 9.81. The molecular formula is C10H10N4O2. The lowest BCUT2D eigenvalue weighted by Crippen LogP contribution is -2.06. The van der Waals surface area contributed by atoms with Gasteiger partial charge < -0.3 is 4.74 Å². The fourth-order valence-corrected chi connectivity index (χ4v) is 1.08. The van der Waals surface area contributed by atoms with Crippen molar-refractivity contribution in [2.45, 2.75) is 0 Å². The predicted octanol–water partition coefficient (Wildman–Crippen LogP) is 2.19. The number of methoxy groups -OCH3 is 1. The summed E-state index contributed by atoms with van der Waals surface area (Å²) in [5.41, 5.74) is 8.95. The van der Waals surface area contributed by atoms with Gasteiger partial charge in [0.25, 0.3) is 0 Å². The smallest absolute Gasteiger partial charge is 0.357 e. The van der Waals surface area contributed by atoms with Crippen molar-refractivity contribution in [3.8, 4) is 0 Å². The van der Waals surface area contributed by atoms with Crippen LogP contribution in [0.15, 0.2) is 29.5 Å². The fraction of sp³-hybridized carbons (Fsp3) is 0.200. The second-order valence-corrected chi connectivity index (χ2v) is 2.75. The Morgan fingerprint density at radius 2 is 2.56 bits per heavy atom. The van der Waals surface area contributed by atoms with E-state index in [1.165, 1.54) is 13.3 Å². The number of esters is 1. The zero-order valence-electron chi connectivity index (χ0n) is 8.70. The first-order chi connectivity index (χ1) is 7.79. The molecule has 0 aliphatic rings. The third-order valence-corrected chi connectivity index (χ3v) is 1.77. The summed E-state index contributed by atoms with van der Waals surface area (Å²) in [4.78, 5) is 17.8. The SMILES string of the molecule is COC(=O)c1ncccc1C=CCN=[N+]=[N-]. The van der Waals surface area contributed by atoms with Gasteiger partial charge >= 0.3 is 5.97 Å². The van der Waals surface area contributed by atoms with E-state index in [0.29, 0.717) is 5.56 Å². The van der Waals surface area contributed by atoms with Gasteiger partial charge in [-0.25, -0.2) is 9.78 Å². The highest BCUT2D eigenvalue weighted by molar-refractivity contribution is 5.91. The van der Waals surface area contributed by atoms with Crippen LogP contribution in [0.25, 0.3) is 16.5 Å². The number of azide groups is 1. The summed E-state index contributed by atoms with van der Waals surface area (Å²) in [6.45, 7) is 0.228. The van der Waals surface area contributed by atoms with Gasteiger partial charge in [0.2, 0.25) is 0 Å². The van der Waals surface area contributed by atoms with Crippen LogP contribution in [0.4, 0.5) is 0 Å². The van der Waals surface area contributed by atoms with Crippen LogP contribution in [-0.4, -0.2) is 24.6 Å². The molecule has 0 amide bonds. The van der Waals surface area contributed by atoms with E-state index in [4.69, 9.17) is 5.53 Å². The van der Waals surface area contributed by atoms with Crippen molar-refractivity contribution < 1.29 is 9.53 Å². The zero-order chi connectivity index (χ0) is 11.8. The van der Waals surface area contributed by atoms with E-state index < -0.39 is 5.97 Å². The lowest BCUT2D eigenvalue weighted by Gasteiger charge is -2.01. The number of hydrogen-bond donors (Lipinski definition) is 0. The highest BCUT2D eigenvalue weighted by Crippen LogP contribution is 2.08. The minimum Gasteiger partial charge on any atom is -0.464 e. The summed E-state index contributed by atoms with van der Waals surface area (Å²) in [7, 11) is 1.30. The van der Waals surface area contributed by atoms with E-state index in [0.717, 1.165) is 0 Å². The standard InChI is InChI=1S/C10H10N4O2/c1-16-10(15)9-8(4-2-6-12-9)5-3-7-13-14-11/h2-6H,7H2,1H3. The Labute approximate surface area is 92.2 Å². The molecule has 0 aromatic carbocycles. The minimum absolute atomic E-state index is 0.228. The topological polar surface area (TPSA) is 88.0 Å². The Bertz CT molecular complexity index is 450. The van der Waals surface area contributed by atoms with Crippen molar-refractivity contribution in [2.24, 2.45) is 5.11 Å². The monoisotopic (exact) mass is 218 g/mol. The summed E-state index contributed by atoms with van der Waals surface area (Å²) >= 11 is 0. The van der Waals surface area contributed by atoms with Gasteiger partial charge in [-0.1, -0.05) is 23.3 Å². The van der Waals surface area contributed by atoms with Crippen LogP contribution in [-0.2, 0) is 4.74 Å². The summed E-state index contributed by atoms with van der Waals surface area (Å²) in [6.07, 6.45) is 4.81. The molecule has 6 nitrogen and oxygen atoms in total. The van der Waals surface area contributed by atoms with E-state index in [9.17, 15) is 4.79 Å². The van der Waals surface area contributed by atoms with E-state index >= 15 is 0 Å². The summed E-state index contributed by atoms with van der Waals surface area (Å²) in [5.74, 6) is -0.496. The van der Waals surface area contributed by atoms with Crippen molar-refractivity contribution >= 4 is 12.0 Å². The Morgan fingerprint density at radius 3 is 3.25 bits per heavy atom. The molecule has 1 rings (SSSR count). The molecule has 1 heterocycles. The van der Waals surface area contributed by atoms with Gasteiger partial charge in [0, 0.05) is 23.2 Å². The molecule has 0 bridgehead atoms. The van der Waals surface area contributed by atoms with Crippen molar-refractivity contribution in [3.63, 3.8) is 0 Å². The van der Waals surface area contributed by atoms with Crippen molar-refractivity contribution in [3.05, 3.63) is 46.1 Å². The van der Waals surface area contributed by atoms with E-state index in [1.54, 1.807) is 24.3 Å². The zero-order valence-corrected chi connectivity index (χ0v) is 8.70. The molecule has 6 heteroatoms. The molecule has 0 aliphatic carbocycles. The average molecular weight is 218 g/mol. The molecule has 16 heavy (non-hydrogen) atoms. The van der Waals surface area contributed by atoms with Crippen LogP contribution in [0.5, 0.6) is 0 Å². The highest BCUT2D eigenvalue weighted by atomic mass is 16.5. The molecular weight excluding hydrogens is 208 g/mol. The molecule has 0 spiro atoms. The Morgan fingerprint density at radius 1 is 1.75 bits per heavy atom.